The number of anilines is 1. The van der Waals surface area contributed by atoms with Crippen LogP contribution in [0.5, 0.6) is 0 Å². The molecule has 43 heavy (non-hydrogen) atoms. The maximum Gasteiger partial charge on any atom is 0.264 e. The number of hydrogen-bond acceptors (Lipinski definition) is 4. The van der Waals surface area contributed by atoms with Gasteiger partial charge in [-0.3, -0.25) is 13.9 Å². The van der Waals surface area contributed by atoms with Crippen molar-refractivity contribution < 1.29 is 18.0 Å². The van der Waals surface area contributed by atoms with Gasteiger partial charge in [0.25, 0.3) is 10.0 Å². The Labute approximate surface area is 255 Å². The second kappa shape index (κ2) is 14.6. The van der Waals surface area contributed by atoms with Crippen LogP contribution in [0.3, 0.4) is 0 Å². The largest absolute Gasteiger partial charge is 0.352 e. The van der Waals surface area contributed by atoms with Crippen LogP contribution in [0, 0.1) is 0 Å². The topological polar surface area (TPSA) is 86.8 Å². The van der Waals surface area contributed by atoms with Gasteiger partial charge in [-0.2, -0.15) is 0 Å². The van der Waals surface area contributed by atoms with Gasteiger partial charge in [-0.15, -0.1) is 0 Å². The van der Waals surface area contributed by atoms with E-state index in [9.17, 15) is 18.0 Å². The van der Waals surface area contributed by atoms with Crippen molar-refractivity contribution in [3.8, 4) is 0 Å². The molecular formula is C35H39N3O4S. The first-order valence-electron chi connectivity index (χ1n) is 14.5. The number of amides is 2. The van der Waals surface area contributed by atoms with E-state index >= 15 is 0 Å². The third-order valence-corrected chi connectivity index (χ3v) is 8.92. The van der Waals surface area contributed by atoms with Gasteiger partial charge in [-0.1, -0.05) is 104 Å². The van der Waals surface area contributed by atoms with Crippen LogP contribution in [0.15, 0.2) is 120 Å². The van der Waals surface area contributed by atoms with Crippen molar-refractivity contribution in [1.29, 1.82) is 0 Å². The van der Waals surface area contributed by atoms with Gasteiger partial charge in [0.1, 0.15) is 12.6 Å². The molecule has 0 fully saturated rings. The fraction of sp³-hybridized carbons (Fsp3) is 0.257. The molecule has 0 aliphatic carbocycles. The lowest BCUT2D eigenvalue weighted by Gasteiger charge is -2.34. The summed E-state index contributed by atoms with van der Waals surface area (Å²) in [4.78, 5) is 29.8. The molecule has 0 unspecified atom stereocenters. The van der Waals surface area contributed by atoms with Crippen LogP contribution in [-0.4, -0.2) is 43.8 Å². The number of para-hydroxylation sites is 1. The quantitative estimate of drug-likeness (QED) is 0.217. The smallest absolute Gasteiger partial charge is 0.264 e. The summed E-state index contributed by atoms with van der Waals surface area (Å²) in [6.45, 7) is 5.36. The number of sulfonamides is 1. The highest BCUT2D eigenvalue weighted by Crippen LogP contribution is 2.28. The molecule has 224 valence electrons. The van der Waals surface area contributed by atoms with E-state index in [1.807, 2.05) is 93.6 Å². The zero-order chi connectivity index (χ0) is 30.8. The fourth-order valence-electron chi connectivity index (χ4n) is 5.00. The van der Waals surface area contributed by atoms with Gasteiger partial charge in [-0.25, -0.2) is 8.42 Å². The fourth-order valence-corrected chi connectivity index (χ4v) is 6.47. The maximum atomic E-state index is 14.5. The molecule has 2 amide bonds. The van der Waals surface area contributed by atoms with E-state index in [0.717, 1.165) is 16.7 Å². The normalized spacial score (nSPS) is 12.0. The summed E-state index contributed by atoms with van der Waals surface area (Å²) in [6, 6.07) is 33.3. The molecule has 0 aliphatic rings. The Balaban J connectivity index is 1.81. The molecule has 0 radical (unpaired) electrons. The van der Waals surface area contributed by atoms with Gasteiger partial charge in [0.2, 0.25) is 11.8 Å². The van der Waals surface area contributed by atoms with Crippen molar-refractivity contribution in [2.24, 2.45) is 0 Å². The average molecular weight is 598 g/mol. The SMILES string of the molecule is CCc1ccccc1N(CC(=O)N(Cc1ccccc1)[C@H](Cc1ccccc1)C(=O)NC(C)C)S(=O)(=O)c1ccccc1. The third kappa shape index (κ3) is 8.11. The number of nitrogens with one attached hydrogen (secondary N) is 1. The summed E-state index contributed by atoms with van der Waals surface area (Å²) >= 11 is 0. The van der Waals surface area contributed by atoms with Crippen LogP contribution in [0.1, 0.15) is 37.5 Å². The van der Waals surface area contributed by atoms with Crippen LogP contribution in [0.25, 0.3) is 0 Å². The predicted molar refractivity (Wildman–Crippen MR) is 171 cm³/mol. The molecule has 4 aromatic carbocycles. The van der Waals surface area contributed by atoms with Crippen LogP contribution in [-0.2, 0) is 39.0 Å². The van der Waals surface area contributed by atoms with Crippen molar-refractivity contribution in [1.82, 2.24) is 10.2 Å². The maximum absolute atomic E-state index is 14.5. The van der Waals surface area contributed by atoms with E-state index in [0.29, 0.717) is 12.1 Å². The number of nitrogens with zero attached hydrogens (tertiary/aromatic N) is 2. The van der Waals surface area contributed by atoms with Crippen molar-refractivity contribution in [2.75, 3.05) is 10.8 Å². The summed E-state index contributed by atoms with van der Waals surface area (Å²) < 4.78 is 29.4. The van der Waals surface area contributed by atoms with E-state index in [1.54, 1.807) is 30.3 Å². The molecule has 0 heterocycles. The Kier molecular flexibility index (Phi) is 10.7. The average Bonchev–Trinajstić information content (AvgIpc) is 3.02. The first-order valence-corrected chi connectivity index (χ1v) is 16.0. The summed E-state index contributed by atoms with van der Waals surface area (Å²) in [5.74, 6) is -0.774. The number of carbonyl (C=O) groups is 2. The van der Waals surface area contributed by atoms with E-state index in [1.165, 1.54) is 21.3 Å². The Bertz CT molecular complexity index is 1590. The molecule has 0 saturated carbocycles. The molecule has 1 N–H and O–H groups in total. The van der Waals surface area contributed by atoms with Gasteiger partial charge in [0.15, 0.2) is 0 Å². The van der Waals surface area contributed by atoms with Crippen LogP contribution >= 0.6 is 0 Å². The highest BCUT2D eigenvalue weighted by molar-refractivity contribution is 7.92. The molecule has 0 bridgehead atoms. The summed E-state index contributed by atoms with van der Waals surface area (Å²) in [7, 11) is -4.13. The van der Waals surface area contributed by atoms with Gasteiger partial charge in [0, 0.05) is 19.0 Å². The van der Waals surface area contributed by atoms with Crippen molar-refractivity contribution in [3.05, 3.63) is 132 Å². The minimum absolute atomic E-state index is 0.0849. The lowest BCUT2D eigenvalue weighted by molar-refractivity contribution is -0.140. The summed E-state index contributed by atoms with van der Waals surface area (Å²) in [6.07, 6.45) is 0.848. The Morgan fingerprint density at radius 2 is 1.28 bits per heavy atom. The zero-order valence-corrected chi connectivity index (χ0v) is 25.7. The van der Waals surface area contributed by atoms with Crippen molar-refractivity contribution in [3.63, 3.8) is 0 Å². The molecule has 0 spiro atoms. The lowest BCUT2D eigenvalue weighted by Crippen LogP contribution is -2.54. The third-order valence-electron chi connectivity index (χ3n) is 7.15. The van der Waals surface area contributed by atoms with E-state index < -0.39 is 28.5 Å². The number of rotatable bonds is 13. The Hall–Kier alpha value is -4.43. The summed E-state index contributed by atoms with van der Waals surface area (Å²) in [5.41, 5.74) is 2.95. The van der Waals surface area contributed by atoms with E-state index in [-0.39, 0.29) is 29.8 Å². The zero-order valence-electron chi connectivity index (χ0n) is 24.9. The van der Waals surface area contributed by atoms with Crippen molar-refractivity contribution >= 4 is 27.5 Å². The van der Waals surface area contributed by atoms with Crippen molar-refractivity contribution in [2.45, 2.75) is 57.1 Å². The molecule has 0 saturated heterocycles. The number of carbonyl (C=O) groups excluding carboxylic acids is 2. The molecule has 8 heteroatoms. The van der Waals surface area contributed by atoms with E-state index in [4.69, 9.17) is 0 Å². The minimum atomic E-state index is -4.13. The van der Waals surface area contributed by atoms with Gasteiger partial charge in [-0.05, 0) is 55.2 Å². The highest BCUT2D eigenvalue weighted by atomic mass is 32.2. The molecule has 7 nitrogen and oxygen atoms in total. The second-order valence-corrected chi connectivity index (χ2v) is 12.5. The molecule has 0 aliphatic heterocycles. The van der Waals surface area contributed by atoms with Crippen LogP contribution in [0.2, 0.25) is 0 Å². The van der Waals surface area contributed by atoms with Gasteiger partial charge >= 0.3 is 0 Å². The molecule has 4 rings (SSSR count). The number of hydrogen-bond donors (Lipinski definition) is 1. The Morgan fingerprint density at radius 3 is 1.86 bits per heavy atom. The van der Waals surface area contributed by atoms with Crippen LogP contribution < -0.4 is 9.62 Å². The van der Waals surface area contributed by atoms with Gasteiger partial charge in [0.05, 0.1) is 10.6 Å². The highest BCUT2D eigenvalue weighted by Gasteiger charge is 2.35. The first kappa shape index (κ1) is 31.5. The molecule has 0 aromatic heterocycles. The standard InChI is InChI=1S/C35H39N3O4S/c1-4-30-20-14-15-23-32(30)38(43(41,42)31-21-12-7-13-22-31)26-34(39)37(25-29-18-10-6-11-19-29)33(35(40)36-27(2)3)24-28-16-8-5-9-17-28/h5-23,27,33H,4,24-26H2,1-3H3,(H,36,40)/t33-/m1/s1. The van der Waals surface area contributed by atoms with E-state index in [2.05, 4.69) is 5.32 Å². The molecule has 1 atom stereocenters. The van der Waals surface area contributed by atoms with Gasteiger partial charge < -0.3 is 10.2 Å². The Morgan fingerprint density at radius 1 is 0.744 bits per heavy atom. The number of aryl methyl sites for hydroxylation is 1. The summed E-state index contributed by atoms with van der Waals surface area (Å²) in [5, 5.41) is 2.98. The lowest BCUT2D eigenvalue weighted by atomic mass is 10.0. The molecular weight excluding hydrogens is 558 g/mol. The second-order valence-electron chi connectivity index (χ2n) is 10.7. The monoisotopic (exact) mass is 597 g/mol. The minimum Gasteiger partial charge on any atom is -0.352 e. The molecule has 4 aromatic rings. The number of benzene rings is 4. The van der Waals surface area contributed by atoms with Crippen LogP contribution in [0.4, 0.5) is 5.69 Å². The predicted octanol–water partition coefficient (Wildman–Crippen LogP) is 5.61. The first-order chi connectivity index (χ1) is 20.7.